The molecule has 0 spiro atoms. The fourth-order valence-corrected chi connectivity index (χ4v) is 3.16. The van der Waals surface area contributed by atoms with Crippen LogP contribution in [-0.2, 0) is 0 Å². The van der Waals surface area contributed by atoms with Gasteiger partial charge in [-0.1, -0.05) is 0 Å². The number of phenols is 1. The summed E-state index contributed by atoms with van der Waals surface area (Å²) in [4.78, 5) is 4.40. The summed E-state index contributed by atoms with van der Waals surface area (Å²) in [6, 6.07) is 9.56. The molecule has 0 bridgehead atoms. The molecule has 0 aliphatic rings. The van der Waals surface area contributed by atoms with Gasteiger partial charge in [0.1, 0.15) is 5.82 Å². The minimum Gasteiger partial charge on any atom is -0.503 e. The molecule has 2 aromatic carbocycles. The molecule has 0 aliphatic heterocycles. The number of thiazole rings is 1. The van der Waals surface area contributed by atoms with Crippen LogP contribution < -0.4 is 10.2 Å². The number of hydrogen-bond donors (Lipinski definition) is 2. The van der Waals surface area contributed by atoms with E-state index >= 15 is 0 Å². The Bertz CT molecular complexity index is 913. The average molecular weight is 422 g/mol. The SMILES string of the molecule is COc1ccc(/C=N\Nc2nc(-c3ccc(F)cc3)cs2)c(Br)c1O. The summed E-state index contributed by atoms with van der Waals surface area (Å²) >= 11 is 4.69. The van der Waals surface area contributed by atoms with E-state index in [1.165, 1.54) is 30.6 Å². The zero-order valence-corrected chi connectivity index (χ0v) is 15.4. The van der Waals surface area contributed by atoms with Crippen molar-refractivity contribution in [2.24, 2.45) is 5.10 Å². The van der Waals surface area contributed by atoms with Crippen LogP contribution in [0.4, 0.5) is 9.52 Å². The number of halogens is 2. The number of hydrogen-bond acceptors (Lipinski definition) is 6. The lowest BCUT2D eigenvalue weighted by atomic mass is 10.2. The first-order valence-corrected chi connectivity index (χ1v) is 8.81. The minimum atomic E-state index is -0.282. The number of nitrogens with zero attached hydrogens (tertiary/aromatic N) is 2. The fraction of sp³-hybridized carbons (Fsp3) is 0.0588. The van der Waals surface area contributed by atoms with Gasteiger partial charge in [0.15, 0.2) is 11.5 Å². The van der Waals surface area contributed by atoms with Crippen molar-refractivity contribution in [3.8, 4) is 22.8 Å². The fourth-order valence-electron chi connectivity index (χ4n) is 2.06. The molecule has 1 heterocycles. The number of nitrogens with one attached hydrogen (secondary N) is 1. The van der Waals surface area contributed by atoms with Crippen LogP contribution in [0.25, 0.3) is 11.3 Å². The second kappa shape index (κ2) is 7.62. The van der Waals surface area contributed by atoms with Gasteiger partial charge in [0.05, 0.1) is 23.5 Å². The number of rotatable bonds is 5. The van der Waals surface area contributed by atoms with Crippen molar-refractivity contribution >= 4 is 38.6 Å². The zero-order chi connectivity index (χ0) is 17.8. The quantitative estimate of drug-likeness (QED) is 0.455. The molecule has 1 aromatic heterocycles. The van der Waals surface area contributed by atoms with Crippen molar-refractivity contribution in [2.45, 2.75) is 0 Å². The third-order valence-corrected chi connectivity index (χ3v) is 4.92. The number of ether oxygens (including phenoxy) is 1. The summed E-state index contributed by atoms with van der Waals surface area (Å²) in [7, 11) is 1.48. The van der Waals surface area contributed by atoms with E-state index in [2.05, 4.69) is 31.4 Å². The van der Waals surface area contributed by atoms with Crippen molar-refractivity contribution < 1.29 is 14.2 Å². The monoisotopic (exact) mass is 421 g/mol. The first kappa shape index (κ1) is 17.4. The second-order valence-corrected chi connectivity index (χ2v) is 6.59. The Balaban J connectivity index is 1.71. The van der Waals surface area contributed by atoms with Crippen LogP contribution in [0.5, 0.6) is 11.5 Å². The Labute approximate surface area is 155 Å². The van der Waals surface area contributed by atoms with Crippen LogP contribution in [0.2, 0.25) is 0 Å². The third-order valence-electron chi connectivity index (χ3n) is 3.34. The van der Waals surface area contributed by atoms with Gasteiger partial charge in [-0.25, -0.2) is 9.37 Å². The predicted octanol–water partition coefficient (Wildman–Crippen LogP) is 4.87. The largest absolute Gasteiger partial charge is 0.503 e. The Kier molecular flexibility index (Phi) is 5.30. The molecular weight excluding hydrogens is 409 g/mol. The van der Waals surface area contributed by atoms with Gasteiger partial charge in [0.2, 0.25) is 5.13 Å². The number of anilines is 1. The molecule has 2 N–H and O–H groups in total. The van der Waals surface area contributed by atoms with E-state index in [1.54, 1.807) is 30.5 Å². The smallest absolute Gasteiger partial charge is 0.203 e. The summed E-state index contributed by atoms with van der Waals surface area (Å²) in [5, 5.41) is 16.5. The topological polar surface area (TPSA) is 66.7 Å². The van der Waals surface area contributed by atoms with E-state index in [9.17, 15) is 9.50 Å². The third kappa shape index (κ3) is 3.97. The summed E-state index contributed by atoms with van der Waals surface area (Å²) in [5.74, 6) is 0.107. The van der Waals surface area contributed by atoms with Crippen molar-refractivity contribution in [1.82, 2.24) is 4.98 Å². The summed E-state index contributed by atoms with van der Waals surface area (Å²) in [5.41, 5.74) is 5.09. The number of phenolic OH excluding ortho intramolecular Hbond substituents is 1. The number of benzene rings is 2. The lowest BCUT2D eigenvalue weighted by molar-refractivity contribution is 0.372. The van der Waals surface area contributed by atoms with Gasteiger partial charge < -0.3 is 9.84 Å². The van der Waals surface area contributed by atoms with Crippen molar-refractivity contribution in [3.05, 3.63) is 57.6 Å². The highest BCUT2D eigenvalue weighted by molar-refractivity contribution is 9.10. The zero-order valence-electron chi connectivity index (χ0n) is 13.0. The highest BCUT2D eigenvalue weighted by atomic mass is 79.9. The molecule has 3 rings (SSSR count). The Morgan fingerprint density at radius 3 is 2.76 bits per heavy atom. The maximum atomic E-state index is 13.0. The molecule has 0 fully saturated rings. The van der Waals surface area contributed by atoms with Gasteiger partial charge in [-0.3, -0.25) is 5.43 Å². The van der Waals surface area contributed by atoms with Crippen LogP contribution in [0.15, 0.2) is 51.4 Å². The van der Waals surface area contributed by atoms with Crippen LogP contribution in [0.1, 0.15) is 5.56 Å². The molecule has 0 saturated carbocycles. The summed E-state index contributed by atoms with van der Waals surface area (Å²) in [6.45, 7) is 0. The maximum Gasteiger partial charge on any atom is 0.203 e. The summed E-state index contributed by atoms with van der Waals surface area (Å²) in [6.07, 6.45) is 1.56. The second-order valence-electron chi connectivity index (χ2n) is 4.93. The molecule has 0 aliphatic carbocycles. The molecule has 3 aromatic rings. The standard InChI is InChI=1S/C17H13BrFN3O2S/c1-24-14-7-4-11(15(18)16(14)23)8-20-22-17-21-13(9-25-17)10-2-5-12(19)6-3-10/h2-9,23H,1H3,(H,21,22)/b20-8-. The highest BCUT2D eigenvalue weighted by Gasteiger charge is 2.09. The minimum absolute atomic E-state index is 0.0132. The number of aromatic hydroxyl groups is 1. The molecule has 0 saturated heterocycles. The van der Waals surface area contributed by atoms with E-state index in [4.69, 9.17) is 4.74 Å². The van der Waals surface area contributed by atoms with Gasteiger partial charge >= 0.3 is 0 Å². The first-order valence-electron chi connectivity index (χ1n) is 7.14. The van der Waals surface area contributed by atoms with Crippen LogP contribution >= 0.6 is 27.3 Å². The average Bonchev–Trinajstić information content (AvgIpc) is 3.08. The number of hydrazone groups is 1. The first-order chi connectivity index (χ1) is 12.1. The van der Waals surface area contributed by atoms with Crippen molar-refractivity contribution in [1.29, 1.82) is 0 Å². The van der Waals surface area contributed by atoms with E-state index in [0.717, 1.165) is 11.3 Å². The molecule has 0 radical (unpaired) electrons. The Morgan fingerprint density at radius 1 is 1.28 bits per heavy atom. The van der Waals surface area contributed by atoms with E-state index < -0.39 is 0 Å². The van der Waals surface area contributed by atoms with E-state index in [-0.39, 0.29) is 11.6 Å². The number of methoxy groups -OCH3 is 1. The van der Waals surface area contributed by atoms with Gasteiger partial charge in [-0.05, 0) is 52.3 Å². The molecule has 0 atom stereocenters. The summed E-state index contributed by atoms with van der Waals surface area (Å²) < 4.78 is 18.5. The van der Waals surface area contributed by atoms with E-state index in [0.29, 0.717) is 20.9 Å². The van der Waals surface area contributed by atoms with Crippen molar-refractivity contribution in [2.75, 3.05) is 12.5 Å². The predicted molar refractivity (Wildman–Crippen MR) is 101 cm³/mol. The number of aromatic nitrogens is 1. The lowest BCUT2D eigenvalue weighted by Crippen LogP contribution is -1.93. The molecule has 0 unspecified atom stereocenters. The van der Waals surface area contributed by atoms with Gasteiger partial charge in [-0.2, -0.15) is 5.10 Å². The van der Waals surface area contributed by atoms with Crippen LogP contribution in [0.3, 0.4) is 0 Å². The Hall–Kier alpha value is -2.45. The maximum absolute atomic E-state index is 13.0. The molecule has 8 heteroatoms. The lowest BCUT2D eigenvalue weighted by Gasteiger charge is -2.06. The highest BCUT2D eigenvalue weighted by Crippen LogP contribution is 2.35. The normalized spacial score (nSPS) is 11.0. The van der Waals surface area contributed by atoms with Crippen LogP contribution in [-0.4, -0.2) is 23.4 Å². The molecule has 25 heavy (non-hydrogen) atoms. The van der Waals surface area contributed by atoms with Crippen molar-refractivity contribution in [3.63, 3.8) is 0 Å². The van der Waals surface area contributed by atoms with Gasteiger partial charge in [-0.15, -0.1) is 11.3 Å². The van der Waals surface area contributed by atoms with Gasteiger partial charge in [0.25, 0.3) is 0 Å². The Morgan fingerprint density at radius 2 is 2.04 bits per heavy atom. The van der Waals surface area contributed by atoms with E-state index in [1.807, 2.05) is 5.38 Å². The molecular formula is C17H13BrFN3O2S. The molecule has 5 nitrogen and oxygen atoms in total. The molecule has 128 valence electrons. The van der Waals surface area contributed by atoms with Gasteiger partial charge in [0, 0.05) is 16.5 Å². The molecule has 0 amide bonds. The van der Waals surface area contributed by atoms with Crippen LogP contribution in [0, 0.1) is 5.82 Å².